The topological polar surface area (TPSA) is 35.5 Å². The fourth-order valence-corrected chi connectivity index (χ4v) is 1.62. The zero-order valence-corrected chi connectivity index (χ0v) is 7.93. The van der Waals surface area contributed by atoms with E-state index in [1.165, 1.54) is 6.07 Å². The molecule has 68 valence electrons. The molecule has 0 N–H and O–H groups in total. The molecular weight excluding hydrogens is 243 g/mol. The Kier molecular flexibility index (Phi) is 1.95. The van der Waals surface area contributed by atoms with Crippen molar-refractivity contribution in [3.05, 3.63) is 21.9 Å². The molecule has 0 aliphatic carbocycles. The molecule has 0 saturated carbocycles. The van der Waals surface area contributed by atoms with Crippen molar-refractivity contribution in [2.75, 3.05) is 6.79 Å². The molecule has 1 aliphatic rings. The highest BCUT2D eigenvalue weighted by Crippen LogP contribution is 2.41. The van der Waals surface area contributed by atoms with Gasteiger partial charge in [-0.2, -0.15) is 0 Å². The van der Waals surface area contributed by atoms with Crippen molar-refractivity contribution >= 4 is 22.2 Å². The molecule has 0 saturated heterocycles. The maximum atomic E-state index is 13.2. The zero-order valence-electron chi connectivity index (χ0n) is 6.34. The van der Waals surface area contributed by atoms with Gasteiger partial charge in [0.25, 0.3) is 0 Å². The number of benzene rings is 1. The molecule has 1 heterocycles. The second-order valence-corrected chi connectivity index (χ2v) is 3.24. The highest BCUT2D eigenvalue weighted by atomic mass is 79.9. The van der Waals surface area contributed by atoms with E-state index < -0.39 is 5.82 Å². The predicted octanol–water partition coefficient (Wildman–Crippen LogP) is 2.13. The van der Waals surface area contributed by atoms with Gasteiger partial charge in [0.15, 0.2) is 23.6 Å². The van der Waals surface area contributed by atoms with Crippen LogP contribution in [0.15, 0.2) is 10.5 Å². The first-order valence-corrected chi connectivity index (χ1v) is 4.26. The molecule has 13 heavy (non-hydrogen) atoms. The summed E-state index contributed by atoms with van der Waals surface area (Å²) < 4.78 is 23.4. The molecule has 0 spiro atoms. The number of hydrogen-bond donors (Lipinski definition) is 0. The van der Waals surface area contributed by atoms with Crippen LogP contribution in [0.25, 0.3) is 0 Å². The number of hydrogen-bond acceptors (Lipinski definition) is 3. The second kappa shape index (κ2) is 2.99. The lowest BCUT2D eigenvalue weighted by Gasteiger charge is -2.02. The van der Waals surface area contributed by atoms with Gasteiger partial charge >= 0.3 is 0 Å². The van der Waals surface area contributed by atoms with Gasteiger partial charge in [0.1, 0.15) is 4.47 Å². The molecule has 0 fully saturated rings. The van der Waals surface area contributed by atoms with Crippen molar-refractivity contribution in [1.29, 1.82) is 0 Å². The van der Waals surface area contributed by atoms with Crippen molar-refractivity contribution in [1.82, 2.24) is 0 Å². The maximum Gasteiger partial charge on any atom is 0.231 e. The molecule has 0 unspecified atom stereocenters. The first-order valence-electron chi connectivity index (χ1n) is 3.47. The van der Waals surface area contributed by atoms with Crippen LogP contribution >= 0.6 is 15.9 Å². The Labute approximate surface area is 81.6 Å². The Balaban J connectivity index is 2.68. The quantitative estimate of drug-likeness (QED) is 0.713. The number of halogens is 2. The van der Waals surface area contributed by atoms with E-state index in [9.17, 15) is 9.18 Å². The van der Waals surface area contributed by atoms with E-state index in [0.717, 1.165) is 0 Å². The highest BCUT2D eigenvalue weighted by molar-refractivity contribution is 9.10. The molecule has 1 aromatic carbocycles. The lowest BCUT2D eigenvalue weighted by molar-refractivity contribution is 0.111. The van der Waals surface area contributed by atoms with Gasteiger partial charge in [-0.1, -0.05) is 0 Å². The molecule has 0 amide bonds. The smallest absolute Gasteiger partial charge is 0.231 e. The third-order valence-electron chi connectivity index (χ3n) is 1.70. The van der Waals surface area contributed by atoms with Crippen molar-refractivity contribution in [2.24, 2.45) is 0 Å². The van der Waals surface area contributed by atoms with Crippen LogP contribution in [0.4, 0.5) is 4.39 Å². The molecular formula is C8H4BrFO3. The lowest BCUT2D eigenvalue weighted by atomic mass is 10.2. The Bertz CT molecular complexity index is 378. The molecule has 1 aromatic rings. The molecule has 5 heteroatoms. The van der Waals surface area contributed by atoms with E-state index in [-0.39, 0.29) is 16.8 Å². The van der Waals surface area contributed by atoms with Crippen LogP contribution in [0.1, 0.15) is 10.4 Å². The summed E-state index contributed by atoms with van der Waals surface area (Å²) in [6.45, 7) is 0.0513. The van der Waals surface area contributed by atoms with Crippen LogP contribution in [0.3, 0.4) is 0 Å². The zero-order chi connectivity index (χ0) is 9.42. The van der Waals surface area contributed by atoms with Gasteiger partial charge in [-0.05, 0) is 22.0 Å². The van der Waals surface area contributed by atoms with Gasteiger partial charge in [-0.15, -0.1) is 0 Å². The summed E-state index contributed by atoms with van der Waals surface area (Å²) in [6.07, 6.45) is 0.433. The first-order chi connectivity index (χ1) is 6.24. The molecule has 0 aromatic heterocycles. The van der Waals surface area contributed by atoms with E-state index >= 15 is 0 Å². The number of carbonyl (C=O) groups excluding carboxylic acids is 1. The summed E-state index contributed by atoms with van der Waals surface area (Å²) in [4.78, 5) is 10.4. The summed E-state index contributed by atoms with van der Waals surface area (Å²) in [5, 5.41) is 0. The summed E-state index contributed by atoms with van der Waals surface area (Å²) in [6, 6.07) is 1.31. The Morgan fingerprint density at radius 1 is 1.54 bits per heavy atom. The average molecular weight is 247 g/mol. The van der Waals surface area contributed by atoms with Crippen LogP contribution in [-0.2, 0) is 0 Å². The summed E-state index contributed by atoms with van der Waals surface area (Å²) in [5.41, 5.74) is -0.0453. The molecule has 1 aliphatic heterocycles. The molecule has 0 bridgehead atoms. The predicted molar refractivity (Wildman–Crippen MR) is 45.6 cm³/mol. The maximum absolute atomic E-state index is 13.2. The van der Waals surface area contributed by atoms with Gasteiger partial charge in [0.2, 0.25) is 6.79 Å². The Morgan fingerprint density at radius 2 is 2.31 bits per heavy atom. The standard InChI is InChI=1S/C8H4BrFO3/c9-6-7(10)4(2-11)1-5-8(6)13-3-12-5/h1-2H,3H2. The number of carbonyl (C=O) groups is 1. The highest BCUT2D eigenvalue weighted by Gasteiger charge is 2.22. The lowest BCUT2D eigenvalue weighted by Crippen LogP contribution is -1.93. The average Bonchev–Trinajstić information content (AvgIpc) is 2.59. The molecule has 0 atom stereocenters. The van der Waals surface area contributed by atoms with E-state index in [2.05, 4.69) is 15.9 Å². The Hall–Kier alpha value is -1.10. The van der Waals surface area contributed by atoms with Crippen molar-refractivity contribution < 1.29 is 18.7 Å². The van der Waals surface area contributed by atoms with Gasteiger partial charge in [-0.3, -0.25) is 4.79 Å². The minimum atomic E-state index is -0.626. The summed E-state index contributed by atoms with van der Waals surface area (Å²) in [7, 11) is 0. The fraction of sp³-hybridized carbons (Fsp3) is 0.125. The largest absolute Gasteiger partial charge is 0.454 e. The van der Waals surface area contributed by atoms with Crippen molar-refractivity contribution in [3.63, 3.8) is 0 Å². The van der Waals surface area contributed by atoms with Gasteiger partial charge in [0, 0.05) is 0 Å². The summed E-state index contributed by atoms with van der Waals surface area (Å²) >= 11 is 2.98. The SMILES string of the molecule is O=Cc1cc2c(c(Br)c1F)OCO2. The number of ether oxygens (including phenoxy) is 2. The normalized spacial score (nSPS) is 13.1. The van der Waals surface area contributed by atoms with E-state index in [1.807, 2.05) is 0 Å². The minimum absolute atomic E-state index is 0.0453. The van der Waals surface area contributed by atoms with Crippen molar-refractivity contribution in [3.8, 4) is 11.5 Å². The Morgan fingerprint density at radius 3 is 3.00 bits per heavy atom. The van der Waals surface area contributed by atoms with Gasteiger partial charge < -0.3 is 9.47 Å². The fourth-order valence-electron chi connectivity index (χ4n) is 1.08. The van der Waals surface area contributed by atoms with Crippen LogP contribution in [-0.4, -0.2) is 13.1 Å². The molecule has 3 nitrogen and oxygen atoms in total. The van der Waals surface area contributed by atoms with Crippen LogP contribution in [0.5, 0.6) is 11.5 Å². The monoisotopic (exact) mass is 246 g/mol. The number of fused-ring (bicyclic) bond motifs is 1. The molecule has 2 rings (SSSR count). The second-order valence-electron chi connectivity index (χ2n) is 2.45. The van der Waals surface area contributed by atoms with Gasteiger partial charge in [0.05, 0.1) is 5.56 Å². The minimum Gasteiger partial charge on any atom is -0.454 e. The molecule has 0 radical (unpaired) electrons. The third kappa shape index (κ3) is 1.19. The number of aldehydes is 1. The number of rotatable bonds is 1. The van der Waals surface area contributed by atoms with Crippen molar-refractivity contribution in [2.45, 2.75) is 0 Å². The first kappa shape index (κ1) is 8.50. The van der Waals surface area contributed by atoms with Crippen LogP contribution in [0, 0.1) is 5.82 Å². The van der Waals surface area contributed by atoms with Crippen LogP contribution < -0.4 is 9.47 Å². The summed E-state index contributed by atoms with van der Waals surface area (Å²) in [5.74, 6) is 0.0673. The van der Waals surface area contributed by atoms with E-state index in [0.29, 0.717) is 17.8 Å². The van der Waals surface area contributed by atoms with E-state index in [4.69, 9.17) is 9.47 Å². The van der Waals surface area contributed by atoms with Gasteiger partial charge in [-0.25, -0.2) is 4.39 Å². The van der Waals surface area contributed by atoms with Crippen LogP contribution in [0.2, 0.25) is 0 Å². The third-order valence-corrected chi connectivity index (χ3v) is 2.41. The van der Waals surface area contributed by atoms with E-state index in [1.54, 1.807) is 0 Å².